The van der Waals surface area contributed by atoms with Crippen LogP contribution in [0.25, 0.3) is 11.0 Å². The molecule has 0 saturated carbocycles. The molecule has 0 bridgehead atoms. The third kappa shape index (κ3) is 3.61. The van der Waals surface area contributed by atoms with Crippen LogP contribution in [0.2, 0.25) is 0 Å². The van der Waals surface area contributed by atoms with Crippen LogP contribution in [0.5, 0.6) is 5.75 Å². The number of ether oxygens (including phenoxy) is 2. The first kappa shape index (κ1) is 18.8. The number of benzene rings is 2. The van der Waals surface area contributed by atoms with Crippen LogP contribution in [-0.4, -0.2) is 29.7 Å². The highest BCUT2D eigenvalue weighted by Crippen LogP contribution is 2.24. The van der Waals surface area contributed by atoms with Crippen molar-refractivity contribution in [2.24, 2.45) is 7.05 Å². The summed E-state index contributed by atoms with van der Waals surface area (Å²) >= 11 is 0. The van der Waals surface area contributed by atoms with Crippen LogP contribution in [0.3, 0.4) is 0 Å². The Morgan fingerprint density at radius 1 is 1.22 bits per heavy atom. The van der Waals surface area contributed by atoms with Crippen LogP contribution in [-0.2, 0) is 24.9 Å². The van der Waals surface area contributed by atoms with Gasteiger partial charge in [-0.3, -0.25) is 4.79 Å². The van der Waals surface area contributed by atoms with Crippen LogP contribution < -0.4 is 10.1 Å². The summed E-state index contributed by atoms with van der Waals surface area (Å²) in [7, 11) is 4.59. The minimum absolute atomic E-state index is 0.128. The van der Waals surface area contributed by atoms with Gasteiger partial charge >= 0.3 is 0 Å². The maximum Gasteiger partial charge on any atom is 0.251 e. The predicted molar refractivity (Wildman–Crippen MR) is 95.5 cm³/mol. The number of hydrogen-bond acceptors (Lipinski definition) is 4. The molecule has 8 heteroatoms. The highest BCUT2D eigenvalue weighted by atomic mass is 19.1. The molecule has 1 N–H and O–H groups in total. The van der Waals surface area contributed by atoms with Gasteiger partial charge in [0.1, 0.15) is 0 Å². The van der Waals surface area contributed by atoms with E-state index in [0.29, 0.717) is 6.61 Å². The summed E-state index contributed by atoms with van der Waals surface area (Å²) in [6.45, 7) is 0.516. The lowest BCUT2D eigenvalue weighted by molar-refractivity contribution is 0.0949. The van der Waals surface area contributed by atoms with Crippen molar-refractivity contribution in [1.82, 2.24) is 14.9 Å². The molecule has 27 heavy (non-hydrogen) atoms. The number of aryl methyl sites for hydroxylation is 1. The van der Waals surface area contributed by atoms with E-state index in [-0.39, 0.29) is 12.1 Å². The van der Waals surface area contributed by atoms with Gasteiger partial charge in [0.25, 0.3) is 5.91 Å². The molecule has 0 saturated heterocycles. The van der Waals surface area contributed by atoms with E-state index in [1.165, 1.54) is 0 Å². The number of aromatic nitrogens is 2. The lowest BCUT2D eigenvalue weighted by Crippen LogP contribution is -2.24. The molecule has 0 unspecified atom stereocenters. The molecule has 1 heterocycles. The quantitative estimate of drug-likeness (QED) is 0.720. The van der Waals surface area contributed by atoms with E-state index in [2.05, 4.69) is 15.0 Å². The zero-order chi connectivity index (χ0) is 19.6. The minimum Gasteiger partial charge on any atom is -0.491 e. The highest BCUT2D eigenvalue weighted by molar-refractivity contribution is 5.94. The molecule has 0 aliphatic rings. The average molecular weight is 375 g/mol. The molecular formula is C19H19F2N3O3. The molecule has 0 atom stereocenters. The van der Waals surface area contributed by atoms with E-state index in [1.807, 2.05) is 23.7 Å². The Hall–Kier alpha value is -3.00. The maximum absolute atomic E-state index is 13.8. The fourth-order valence-electron chi connectivity index (χ4n) is 3.01. The lowest BCUT2D eigenvalue weighted by atomic mass is 10.1. The second-order valence-corrected chi connectivity index (χ2v) is 6.02. The van der Waals surface area contributed by atoms with Crippen molar-refractivity contribution in [2.45, 2.75) is 13.2 Å². The fraction of sp³-hybridized carbons (Fsp3) is 0.263. The number of nitrogens with one attached hydrogen (secondary N) is 1. The Labute approximate surface area is 154 Å². The van der Waals surface area contributed by atoms with E-state index in [0.717, 1.165) is 41.4 Å². The van der Waals surface area contributed by atoms with Crippen molar-refractivity contribution < 1.29 is 23.0 Å². The van der Waals surface area contributed by atoms with E-state index in [4.69, 9.17) is 4.74 Å². The van der Waals surface area contributed by atoms with Gasteiger partial charge in [-0.25, -0.2) is 13.8 Å². The van der Waals surface area contributed by atoms with Crippen LogP contribution in [0.15, 0.2) is 30.6 Å². The Morgan fingerprint density at radius 3 is 2.56 bits per heavy atom. The summed E-state index contributed by atoms with van der Waals surface area (Å²) in [6, 6.07) is 5.65. The number of amides is 1. The van der Waals surface area contributed by atoms with Gasteiger partial charge in [0.05, 0.1) is 31.1 Å². The van der Waals surface area contributed by atoms with Crippen molar-refractivity contribution in [3.63, 3.8) is 0 Å². The van der Waals surface area contributed by atoms with Crippen molar-refractivity contribution in [3.05, 3.63) is 58.9 Å². The van der Waals surface area contributed by atoms with Gasteiger partial charge in [-0.1, -0.05) is 6.07 Å². The van der Waals surface area contributed by atoms with Gasteiger partial charge in [-0.15, -0.1) is 0 Å². The predicted octanol–water partition coefficient (Wildman–Crippen LogP) is 2.94. The lowest BCUT2D eigenvalue weighted by Gasteiger charge is -2.13. The number of carbonyl (C=O) groups is 1. The third-order valence-electron chi connectivity index (χ3n) is 4.27. The number of carbonyl (C=O) groups excluding carboxylic acids is 1. The number of fused-ring (bicyclic) bond motifs is 1. The monoisotopic (exact) mass is 375 g/mol. The number of hydrogen-bond donors (Lipinski definition) is 1. The number of rotatable bonds is 6. The summed E-state index contributed by atoms with van der Waals surface area (Å²) in [5, 5.41) is 2.71. The summed E-state index contributed by atoms with van der Waals surface area (Å²) in [6.07, 6.45) is 1.68. The first-order valence-electron chi connectivity index (χ1n) is 8.18. The first-order chi connectivity index (χ1) is 13.0. The molecule has 0 aliphatic carbocycles. The maximum atomic E-state index is 13.8. The summed E-state index contributed by atoms with van der Waals surface area (Å²) in [5.41, 5.74) is 3.23. The van der Waals surface area contributed by atoms with Gasteiger partial charge < -0.3 is 19.4 Å². The molecule has 1 amide bonds. The molecule has 2 aromatic carbocycles. The van der Waals surface area contributed by atoms with Crippen molar-refractivity contribution in [1.29, 1.82) is 0 Å². The van der Waals surface area contributed by atoms with Gasteiger partial charge in [0.15, 0.2) is 17.4 Å². The minimum atomic E-state index is -0.934. The molecule has 0 aliphatic heterocycles. The number of nitrogens with zero attached hydrogens (tertiary/aromatic N) is 2. The summed E-state index contributed by atoms with van der Waals surface area (Å²) in [4.78, 5) is 16.7. The second-order valence-electron chi connectivity index (χ2n) is 6.02. The molecule has 3 rings (SSSR count). The molecule has 6 nitrogen and oxygen atoms in total. The van der Waals surface area contributed by atoms with E-state index >= 15 is 0 Å². The van der Waals surface area contributed by atoms with E-state index < -0.39 is 23.3 Å². The molecule has 3 aromatic rings. The zero-order valence-electron chi connectivity index (χ0n) is 15.2. The van der Waals surface area contributed by atoms with Gasteiger partial charge in [-0.2, -0.15) is 0 Å². The van der Waals surface area contributed by atoms with Crippen LogP contribution in [0.4, 0.5) is 8.78 Å². The molecule has 0 spiro atoms. The van der Waals surface area contributed by atoms with Gasteiger partial charge in [0, 0.05) is 31.8 Å². The Balaban J connectivity index is 1.89. The standard InChI is InChI=1S/C19H19F2N3O3/c1-24-10-23-16-5-4-11(9-26-2)13(17(16)24)8-22-19(25)12-6-14(20)18(27-3)15(21)7-12/h4-7,10H,8-9H2,1-3H3,(H,22,25). The topological polar surface area (TPSA) is 65.4 Å². The summed E-state index contributed by atoms with van der Waals surface area (Å²) < 4.78 is 39.4. The average Bonchev–Trinajstić information content (AvgIpc) is 3.01. The Morgan fingerprint density at radius 2 is 1.93 bits per heavy atom. The first-order valence-corrected chi connectivity index (χ1v) is 8.18. The molecule has 0 fully saturated rings. The van der Waals surface area contributed by atoms with E-state index in [1.54, 1.807) is 13.4 Å². The van der Waals surface area contributed by atoms with Crippen molar-refractivity contribution in [2.75, 3.05) is 14.2 Å². The number of halogens is 2. The third-order valence-corrected chi connectivity index (χ3v) is 4.27. The molecule has 142 valence electrons. The fourth-order valence-corrected chi connectivity index (χ4v) is 3.01. The summed E-state index contributed by atoms with van der Waals surface area (Å²) in [5.74, 6) is -2.99. The Bertz CT molecular complexity index is 978. The van der Waals surface area contributed by atoms with Crippen molar-refractivity contribution in [3.8, 4) is 5.75 Å². The van der Waals surface area contributed by atoms with Gasteiger partial charge in [-0.05, 0) is 23.8 Å². The largest absolute Gasteiger partial charge is 0.491 e. The van der Waals surface area contributed by atoms with Crippen LogP contribution >= 0.6 is 0 Å². The van der Waals surface area contributed by atoms with Gasteiger partial charge in [0.2, 0.25) is 0 Å². The van der Waals surface area contributed by atoms with Crippen LogP contribution in [0.1, 0.15) is 21.5 Å². The SMILES string of the molecule is COCc1ccc2ncn(C)c2c1CNC(=O)c1cc(F)c(OC)c(F)c1. The highest BCUT2D eigenvalue weighted by Gasteiger charge is 2.17. The zero-order valence-corrected chi connectivity index (χ0v) is 15.2. The normalized spacial score (nSPS) is 11.0. The second kappa shape index (κ2) is 7.71. The van der Waals surface area contributed by atoms with E-state index in [9.17, 15) is 13.6 Å². The molecule has 0 radical (unpaired) electrons. The smallest absolute Gasteiger partial charge is 0.251 e. The number of imidazole rings is 1. The molecule has 1 aromatic heterocycles. The Kier molecular flexibility index (Phi) is 5.36. The number of methoxy groups -OCH3 is 2. The molecular weight excluding hydrogens is 356 g/mol. The van der Waals surface area contributed by atoms with Crippen molar-refractivity contribution >= 4 is 16.9 Å². The van der Waals surface area contributed by atoms with Crippen LogP contribution in [0, 0.1) is 11.6 Å².